The van der Waals surface area contributed by atoms with Gasteiger partial charge in [0.15, 0.2) is 18.9 Å². The van der Waals surface area contributed by atoms with Gasteiger partial charge >= 0.3 is 0 Å². The maximum absolute atomic E-state index is 13.4. The predicted octanol–water partition coefficient (Wildman–Crippen LogP) is 10.7. The van der Waals surface area contributed by atoms with Crippen LogP contribution in [0.25, 0.3) is 0 Å². The van der Waals surface area contributed by atoms with Gasteiger partial charge in [0.2, 0.25) is 5.91 Å². The molecule has 0 bridgehead atoms. The molecule has 17 atom stereocenters. The number of carbonyl (C=O) groups excluding carboxylic acids is 1. The summed E-state index contributed by atoms with van der Waals surface area (Å²) in [6.45, 7) is 1.70. The third-order valence-corrected chi connectivity index (χ3v) is 18.3. The predicted molar refractivity (Wildman–Crippen MR) is 365 cm³/mol. The number of amides is 1. The standard InChI is InChI=1S/C74H133NO18/c1-3-5-7-9-11-13-15-17-19-21-23-24-25-26-27-28-29-30-31-32-34-35-37-39-41-43-45-47-49-51-58(79)57(75-62(80)52-50-48-46-44-42-40-38-36-33-22-20-18-16-14-12-10-8-6-4-2)56-88-72-68(86)65(83)70(60(54-77)90-72)93-74-69(87)66(84)71(61(55-78)91-74)92-73-67(85)64(82)63(81)59(53-76)89-73/h12,14,18,20,33,36,41,43,49,51,57-61,63-74,76-79,81-87H,3-11,13,15-17,19,21-32,34-35,37-40,42,44-48,50,52-56H2,1-2H3,(H,75,80)/b14-12-,20-18-,36-33-,43-41+,51-49+. The van der Waals surface area contributed by atoms with Crippen molar-refractivity contribution in [3.05, 3.63) is 60.8 Å². The van der Waals surface area contributed by atoms with Crippen molar-refractivity contribution in [2.45, 2.75) is 375 Å². The van der Waals surface area contributed by atoms with Crippen molar-refractivity contribution in [2.24, 2.45) is 0 Å². The van der Waals surface area contributed by atoms with Crippen molar-refractivity contribution in [3.8, 4) is 0 Å². The molecule has 19 nitrogen and oxygen atoms in total. The highest BCUT2D eigenvalue weighted by atomic mass is 16.8. The number of hydrogen-bond donors (Lipinski definition) is 12. The fraction of sp³-hybridized carbons (Fsp3) is 0.851. The molecule has 0 aromatic heterocycles. The minimum Gasteiger partial charge on any atom is -0.394 e. The molecule has 3 rings (SSSR count). The van der Waals surface area contributed by atoms with Crippen molar-refractivity contribution >= 4 is 5.91 Å². The molecule has 3 fully saturated rings. The molecule has 93 heavy (non-hydrogen) atoms. The average molecular weight is 1320 g/mol. The summed E-state index contributed by atoms with van der Waals surface area (Å²) >= 11 is 0. The van der Waals surface area contributed by atoms with E-state index in [1.807, 2.05) is 6.08 Å². The highest BCUT2D eigenvalue weighted by molar-refractivity contribution is 5.76. The zero-order valence-electron chi connectivity index (χ0n) is 57.5. The molecule has 0 aromatic carbocycles. The van der Waals surface area contributed by atoms with Gasteiger partial charge in [0.25, 0.3) is 0 Å². The van der Waals surface area contributed by atoms with Gasteiger partial charge in [-0.05, 0) is 70.6 Å². The molecule has 3 heterocycles. The van der Waals surface area contributed by atoms with Crippen molar-refractivity contribution in [1.82, 2.24) is 5.32 Å². The molecule has 19 heteroatoms. The summed E-state index contributed by atoms with van der Waals surface area (Å²) in [5.41, 5.74) is 0. The van der Waals surface area contributed by atoms with E-state index in [0.29, 0.717) is 12.8 Å². The van der Waals surface area contributed by atoms with E-state index in [4.69, 9.17) is 28.4 Å². The average Bonchev–Trinajstić information content (AvgIpc) is 0.985. The highest BCUT2D eigenvalue weighted by Gasteiger charge is 2.53. The van der Waals surface area contributed by atoms with Crippen LogP contribution in [0.15, 0.2) is 60.8 Å². The van der Waals surface area contributed by atoms with E-state index in [1.165, 1.54) is 161 Å². The number of hydrogen-bond acceptors (Lipinski definition) is 18. The van der Waals surface area contributed by atoms with E-state index < -0.39 is 124 Å². The Morgan fingerprint density at radius 2 is 0.720 bits per heavy atom. The van der Waals surface area contributed by atoms with Crippen molar-refractivity contribution in [1.29, 1.82) is 0 Å². The Labute approximate surface area is 560 Å². The molecular weight excluding hydrogens is 1190 g/mol. The lowest BCUT2D eigenvalue weighted by Crippen LogP contribution is -2.66. The summed E-state index contributed by atoms with van der Waals surface area (Å²) in [5.74, 6) is -0.297. The summed E-state index contributed by atoms with van der Waals surface area (Å²) in [6.07, 6.45) is 42.1. The fourth-order valence-electron chi connectivity index (χ4n) is 12.3. The van der Waals surface area contributed by atoms with Crippen LogP contribution in [0.2, 0.25) is 0 Å². The highest BCUT2D eigenvalue weighted by Crippen LogP contribution is 2.33. The van der Waals surface area contributed by atoms with Crippen LogP contribution in [0.1, 0.15) is 271 Å². The van der Waals surface area contributed by atoms with Crippen LogP contribution < -0.4 is 5.32 Å². The summed E-state index contributed by atoms with van der Waals surface area (Å²) in [5, 5.41) is 121. The molecule has 1 amide bonds. The lowest BCUT2D eigenvalue weighted by Gasteiger charge is -2.48. The summed E-state index contributed by atoms with van der Waals surface area (Å²) in [7, 11) is 0. The minimum atomic E-state index is -1.98. The second-order valence-electron chi connectivity index (χ2n) is 26.4. The number of aliphatic hydroxyl groups is 11. The summed E-state index contributed by atoms with van der Waals surface area (Å²) < 4.78 is 34.4. The summed E-state index contributed by atoms with van der Waals surface area (Å²) in [4.78, 5) is 13.4. The van der Waals surface area contributed by atoms with E-state index in [9.17, 15) is 61.0 Å². The van der Waals surface area contributed by atoms with Crippen LogP contribution in [0, 0.1) is 0 Å². The molecular formula is C74H133NO18. The molecule has 0 aliphatic carbocycles. The second-order valence-corrected chi connectivity index (χ2v) is 26.4. The van der Waals surface area contributed by atoms with E-state index in [1.54, 1.807) is 6.08 Å². The zero-order chi connectivity index (χ0) is 67.5. The molecule has 17 unspecified atom stereocenters. The number of carbonyl (C=O) groups is 1. The molecule has 12 N–H and O–H groups in total. The number of nitrogens with one attached hydrogen (secondary N) is 1. The Bertz CT molecular complexity index is 1920. The van der Waals surface area contributed by atoms with Gasteiger partial charge in [-0.1, -0.05) is 254 Å². The minimum absolute atomic E-state index is 0.219. The third-order valence-electron chi connectivity index (χ3n) is 18.3. The smallest absolute Gasteiger partial charge is 0.220 e. The van der Waals surface area contributed by atoms with Gasteiger partial charge in [-0.2, -0.15) is 0 Å². The molecule has 0 radical (unpaired) electrons. The molecule has 3 aliphatic rings. The first-order valence-corrected chi connectivity index (χ1v) is 37.0. The van der Waals surface area contributed by atoms with Gasteiger partial charge in [-0.3, -0.25) is 4.79 Å². The number of ether oxygens (including phenoxy) is 6. The molecule has 542 valence electrons. The lowest BCUT2D eigenvalue weighted by molar-refractivity contribution is -0.379. The third kappa shape index (κ3) is 36.8. The number of rotatable bonds is 57. The van der Waals surface area contributed by atoms with E-state index in [2.05, 4.69) is 67.8 Å². The quantitative estimate of drug-likeness (QED) is 0.0199. The van der Waals surface area contributed by atoms with Crippen LogP contribution in [-0.4, -0.2) is 193 Å². The van der Waals surface area contributed by atoms with Gasteiger partial charge in [-0.25, -0.2) is 0 Å². The number of unbranched alkanes of at least 4 members (excludes halogenated alkanes) is 33. The molecule has 3 aliphatic heterocycles. The number of aliphatic hydroxyl groups excluding tert-OH is 11. The maximum atomic E-state index is 13.4. The van der Waals surface area contributed by atoms with Crippen molar-refractivity contribution in [2.75, 3.05) is 26.4 Å². The first-order valence-electron chi connectivity index (χ1n) is 37.0. The fourth-order valence-corrected chi connectivity index (χ4v) is 12.3. The van der Waals surface area contributed by atoms with E-state index >= 15 is 0 Å². The van der Waals surface area contributed by atoms with Gasteiger partial charge in [0.05, 0.1) is 38.6 Å². The normalized spacial score (nSPS) is 27.9. The van der Waals surface area contributed by atoms with Crippen LogP contribution in [-0.2, 0) is 33.2 Å². The van der Waals surface area contributed by atoms with Crippen LogP contribution in [0.4, 0.5) is 0 Å². The Kier molecular flexibility index (Phi) is 50.4. The topological polar surface area (TPSA) is 307 Å². The maximum Gasteiger partial charge on any atom is 0.220 e. The van der Waals surface area contributed by atoms with Gasteiger partial charge in [0.1, 0.15) is 73.2 Å². The second kappa shape index (κ2) is 55.4. The van der Waals surface area contributed by atoms with E-state index in [0.717, 1.165) is 77.0 Å². The number of allylic oxidation sites excluding steroid dienone is 9. The largest absolute Gasteiger partial charge is 0.394 e. The monoisotopic (exact) mass is 1320 g/mol. The molecule has 3 saturated heterocycles. The van der Waals surface area contributed by atoms with Gasteiger partial charge in [-0.15, -0.1) is 0 Å². The van der Waals surface area contributed by atoms with Gasteiger partial charge < -0.3 is 89.9 Å². The van der Waals surface area contributed by atoms with Crippen molar-refractivity contribution in [3.63, 3.8) is 0 Å². The van der Waals surface area contributed by atoms with Crippen LogP contribution in [0.5, 0.6) is 0 Å². The Morgan fingerprint density at radius 3 is 1.17 bits per heavy atom. The Balaban J connectivity index is 1.42. The molecule has 0 saturated carbocycles. The SMILES string of the molecule is CCCCC/C=C\C/C=C\C/C=C\CCCCCCCCC(=O)NC(COC1OC(CO)C(OC2OC(CO)C(OC3OC(CO)C(O)C(O)C3O)C(O)C2O)C(O)C1O)C(O)/C=C/CC/C=C/CCCCCCCCCCCCCCCCCCCCCCCCC. The lowest BCUT2D eigenvalue weighted by atomic mass is 9.96. The van der Waals surface area contributed by atoms with Crippen molar-refractivity contribution < 1.29 is 89.4 Å². The first-order chi connectivity index (χ1) is 45.3. The molecule has 0 aromatic rings. The summed E-state index contributed by atoms with van der Waals surface area (Å²) in [6, 6.07) is -1.00. The van der Waals surface area contributed by atoms with E-state index in [-0.39, 0.29) is 18.9 Å². The zero-order valence-corrected chi connectivity index (χ0v) is 57.5. The van der Waals surface area contributed by atoms with Crippen LogP contribution in [0.3, 0.4) is 0 Å². The molecule has 0 spiro atoms. The Morgan fingerprint density at radius 1 is 0.387 bits per heavy atom. The Hall–Kier alpha value is -2.51. The first kappa shape index (κ1) is 84.7. The van der Waals surface area contributed by atoms with Gasteiger partial charge in [0, 0.05) is 6.42 Å². The van der Waals surface area contributed by atoms with Crippen LogP contribution >= 0.6 is 0 Å².